The highest BCUT2D eigenvalue weighted by Crippen LogP contribution is 2.61. The van der Waals surface area contributed by atoms with Crippen molar-refractivity contribution in [3.05, 3.63) is 0 Å². The summed E-state index contributed by atoms with van der Waals surface area (Å²) in [5.74, 6) is 3.29. The molecule has 0 aromatic rings. The first kappa shape index (κ1) is 17.0. The minimum atomic E-state index is 0.205. The second-order valence-corrected chi connectivity index (χ2v) is 9.99. The fourth-order valence-corrected chi connectivity index (χ4v) is 7.38. The lowest BCUT2D eigenvalue weighted by molar-refractivity contribution is -0.145. The summed E-state index contributed by atoms with van der Waals surface area (Å²) >= 11 is 0. The van der Waals surface area contributed by atoms with Gasteiger partial charge in [0, 0.05) is 38.6 Å². The number of nitrogens with one attached hydrogen (secondary N) is 1. The van der Waals surface area contributed by atoms with Crippen molar-refractivity contribution in [2.75, 3.05) is 32.7 Å². The lowest BCUT2D eigenvalue weighted by Gasteiger charge is -2.57. The molecule has 2 amide bonds. The normalized spacial score (nSPS) is 42.4. The van der Waals surface area contributed by atoms with Gasteiger partial charge < -0.3 is 15.1 Å². The van der Waals surface area contributed by atoms with Gasteiger partial charge in [0.2, 0.25) is 11.8 Å². The lowest BCUT2D eigenvalue weighted by Crippen LogP contribution is -2.58. The van der Waals surface area contributed by atoms with Gasteiger partial charge in [0.15, 0.2) is 0 Å². The van der Waals surface area contributed by atoms with Crippen LogP contribution in [0.5, 0.6) is 0 Å². The zero-order valence-electron chi connectivity index (χ0n) is 15.9. The summed E-state index contributed by atoms with van der Waals surface area (Å²) in [4.78, 5) is 29.6. The van der Waals surface area contributed by atoms with Crippen LogP contribution in [-0.2, 0) is 9.59 Å². The number of hydrogen-bond acceptors (Lipinski definition) is 3. The van der Waals surface area contributed by atoms with Crippen LogP contribution >= 0.6 is 0 Å². The quantitative estimate of drug-likeness (QED) is 0.839. The lowest BCUT2D eigenvalue weighted by atomic mass is 9.49. The Balaban J connectivity index is 1.23. The van der Waals surface area contributed by atoms with E-state index in [9.17, 15) is 9.59 Å². The van der Waals surface area contributed by atoms with E-state index in [2.05, 4.69) is 10.2 Å². The zero-order chi connectivity index (χ0) is 17.7. The number of hydrogen-bond donors (Lipinski definition) is 1. The number of likely N-dealkylation sites (tertiary alicyclic amines) is 1. The average molecular weight is 360 g/mol. The number of carbonyl (C=O) groups is 2. The van der Waals surface area contributed by atoms with E-state index in [1.807, 2.05) is 4.90 Å². The number of rotatable bonds is 3. The molecule has 2 heterocycles. The first-order chi connectivity index (χ1) is 12.6. The minimum absolute atomic E-state index is 0.205. The van der Waals surface area contributed by atoms with Crippen LogP contribution in [0.1, 0.15) is 57.8 Å². The summed E-state index contributed by atoms with van der Waals surface area (Å²) < 4.78 is 0. The third-order valence-electron chi connectivity index (χ3n) is 8.01. The Bertz CT molecular complexity index is 555. The Labute approximate surface area is 156 Å². The van der Waals surface area contributed by atoms with Gasteiger partial charge in [-0.15, -0.1) is 0 Å². The van der Waals surface area contributed by atoms with Gasteiger partial charge in [-0.05, 0) is 74.5 Å². The Morgan fingerprint density at radius 1 is 1.08 bits per heavy atom. The second-order valence-electron chi connectivity index (χ2n) is 9.99. The van der Waals surface area contributed by atoms with Crippen LogP contribution in [0.15, 0.2) is 0 Å². The minimum Gasteiger partial charge on any atom is -0.341 e. The molecule has 6 rings (SSSR count). The third-order valence-corrected chi connectivity index (χ3v) is 8.01. The largest absolute Gasteiger partial charge is 0.341 e. The van der Waals surface area contributed by atoms with Crippen molar-refractivity contribution in [3.63, 3.8) is 0 Å². The average Bonchev–Trinajstić information content (AvgIpc) is 2.60. The van der Waals surface area contributed by atoms with E-state index in [0.29, 0.717) is 17.9 Å². The van der Waals surface area contributed by atoms with E-state index >= 15 is 0 Å². The predicted molar refractivity (Wildman–Crippen MR) is 99.4 cm³/mol. The molecule has 5 heteroatoms. The number of piperazine rings is 1. The van der Waals surface area contributed by atoms with Gasteiger partial charge in [-0.3, -0.25) is 9.59 Å². The van der Waals surface area contributed by atoms with Crippen molar-refractivity contribution in [2.45, 2.75) is 63.8 Å². The summed E-state index contributed by atoms with van der Waals surface area (Å²) in [7, 11) is 0. The van der Waals surface area contributed by atoms with Gasteiger partial charge in [0.05, 0.1) is 6.54 Å². The van der Waals surface area contributed by atoms with Crippen LogP contribution in [0.2, 0.25) is 0 Å². The summed E-state index contributed by atoms with van der Waals surface area (Å²) in [6.07, 6.45) is 11.1. The Kier molecular flexibility index (Phi) is 4.26. The summed E-state index contributed by atoms with van der Waals surface area (Å²) in [5, 5.41) is 3.15. The number of nitrogens with zero attached hydrogens (tertiary/aromatic N) is 2. The topological polar surface area (TPSA) is 52.7 Å². The molecule has 0 aromatic heterocycles. The molecular weight excluding hydrogens is 326 g/mol. The molecule has 1 N–H and O–H groups in total. The molecule has 5 nitrogen and oxygen atoms in total. The van der Waals surface area contributed by atoms with Crippen LogP contribution < -0.4 is 5.32 Å². The Morgan fingerprint density at radius 3 is 2.42 bits per heavy atom. The standard InChI is InChI=1S/C21H33N3O2/c25-19(12-21-9-15-6-16(10-21)8-17(7-15)11-21)23-4-1-2-18(14-23)24-5-3-22-13-20(24)26/h15-18,22H,1-14H2. The SMILES string of the molecule is O=C(CC12CC3CC(CC(C3)C1)C2)N1CCCC(N2CCNCC2=O)C1. The monoisotopic (exact) mass is 359 g/mol. The van der Waals surface area contributed by atoms with Crippen LogP contribution in [0.4, 0.5) is 0 Å². The fourth-order valence-electron chi connectivity index (χ4n) is 7.38. The van der Waals surface area contributed by atoms with Gasteiger partial charge in [-0.2, -0.15) is 0 Å². The molecule has 144 valence electrons. The molecule has 4 bridgehead atoms. The Hall–Kier alpha value is -1.10. The number of carbonyl (C=O) groups excluding carboxylic acids is 2. The second kappa shape index (κ2) is 6.50. The molecular formula is C21H33N3O2. The fraction of sp³-hybridized carbons (Fsp3) is 0.905. The van der Waals surface area contributed by atoms with Crippen LogP contribution in [0, 0.1) is 23.2 Å². The molecule has 0 aromatic carbocycles. The molecule has 2 aliphatic heterocycles. The predicted octanol–water partition coefficient (Wildman–Crippen LogP) is 2.02. The van der Waals surface area contributed by atoms with Gasteiger partial charge in [0.1, 0.15) is 0 Å². The van der Waals surface area contributed by atoms with E-state index in [0.717, 1.165) is 63.2 Å². The highest BCUT2D eigenvalue weighted by atomic mass is 16.2. The zero-order valence-corrected chi connectivity index (χ0v) is 15.9. The van der Waals surface area contributed by atoms with Gasteiger partial charge in [0.25, 0.3) is 0 Å². The molecule has 4 saturated carbocycles. The van der Waals surface area contributed by atoms with Crippen molar-refractivity contribution >= 4 is 11.8 Å². The van der Waals surface area contributed by atoms with Crippen molar-refractivity contribution in [1.29, 1.82) is 0 Å². The van der Waals surface area contributed by atoms with E-state index in [-0.39, 0.29) is 11.9 Å². The van der Waals surface area contributed by atoms with E-state index in [1.165, 1.54) is 38.5 Å². The molecule has 0 spiro atoms. The first-order valence-electron chi connectivity index (χ1n) is 10.9. The molecule has 0 radical (unpaired) electrons. The Morgan fingerprint density at radius 2 is 1.77 bits per heavy atom. The molecule has 1 atom stereocenters. The smallest absolute Gasteiger partial charge is 0.236 e. The number of amides is 2. The van der Waals surface area contributed by atoms with Crippen molar-refractivity contribution in [1.82, 2.24) is 15.1 Å². The molecule has 26 heavy (non-hydrogen) atoms. The van der Waals surface area contributed by atoms with Crippen molar-refractivity contribution in [2.24, 2.45) is 23.2 Å². The summed E-state index contributed by atoms with van der Waals surface area (Å²) in [5.41, 5.74) is 0.323. The van der Waals surface area contributed by atoms with Crippen LogP contribution in [-0.4, -0.2) is 60.4 Å². The van der Waals surface area contributed by atoms with Gasteiger partial charge in [-0.1, -0.05) is 0 Å². The maximum absolute atomic E-state index is 13.2. The first-order valence-corrected chi connectivity index (χ1v) is 10.9. The molecule has 6 aliphatic rings. The van der Waals surface area contributed by atoms with E-state index < -0.39 is 0 Å². The van der Waals surface area contributed by atoms with E-state index in [1.54, 1.807) is 0 Å². The third kappa shape index (κ3) is 3.06. The van der Waals surface area contributed by atoms with Crippen molar-refractivity contribution < 1.29 is 9.59 Å². The van der Waals surface area contributed by atoms with Crippen LogP contribution in [0.3, 0.4) is 0 Å². The molecule has 2 saturated heterocycles. The highest BCUT2D eigenvalue weighted by Gasteiger charge is 2.51. The summed E-state index contributed by atoms with van der Waals surface area (Å²) in [6.45, 7) is 3.78. The highest BCUT2D eigenvalue weighted by molar-refractivity contribution is 5.80. The number of piperidine rings is 1. The van der Waals surface area contributed by atoms with Gasteiger partial charge >= 0.3 is 0 Å². The van der Waals surface area contributed by atoms with E-state index in [4.69, 9.17) is 0 Å². The molecule has 6 fully saturated rings. The molecule has 4 aliphatic carbocycles. The maximum Gasteiger partial charge on any atom is 0.236 e. The maximum atomic E-state index is 13.2. The van der Waals surface area contributed by atoms with Crippen LogP contribution in [0.25, 0.3) is 0 Å². The van der Waals surface area contributed by atoms with Gasteiger partial charge in [-0.25, -0.2) is 0 Å². The van der Waals surface area contributed by atoms with Crippen molar-refractivity contribution in [3.8, 4) is 0 Å². The molecule has 1 unspecified atom stereocenters. The summed E-state index contributed by atoms with van der Waals surface area (Å²) in [6, 6.07) is 0.235.